The smallest absolute Gasteiger partial charge is 0.263 e. The van der Waals surface area contributed by atoms with Crippen molar-refractivity contribution in [1.29, 1.82) is 0 Å². The van der Waals surface area contributed by atoms with Crippen LogP contribution < -0.4 is 0 Å². The summed E-state index contributed by atoms with van der Waals surface area (Å²) >= 11 is 0. The third kappa shape index (κ3) is 5.08. The molecule has 2 unspecified atom stereocenters. The van der Waals surface area contributed by atoms with Gasteiger partial charge in [0.2, 0.25) is 0 Å². The predicted octanol–water partition coefficient (Wildman–Crippen LogP) is 7.48. The molecule has 0 bridgehead atoms. The zero-order chi connectivity index (χ0) is 27.6. The molecule has 6 rings (SSSR count). The minimum absolute atomic E-state index is 0.00560. The first-order valence-corrected chi connectivity index (χ1v) is 14.1. The van der Waals surface area contributed by atoms with Crippen molar-refractivity contribution in [3.63, 3.8) is 0 Å². The first-order chi connectivity index (χ1) is 19.5. The minimum atomic E-state index is -0.325. The normalized spacial score (nSPS) is 19.7. The molecule has 2 heterocycles. The van der Waals surface area contributed by atoms with Crippen LogP contribution in [-0.2, 0) is 17.8 Å². The number of aromatic nitrogens is 2. The Morgan fingerprint density at radius 2 is 1.73 bits per heavy atom. The number of hydrogen-bond acceptors (Lipinski definition) is 3. The maximum absolute atomic E-state index is 14.1. The Balaban J connectivity index is 1.39. The van der Waals surface area contributed by atoms with E-state index in [9.17, 15) is 13.6 Å². The fourth-order valence-corrected chi connectivity index (χ4v) is 6.00. The predicted molar refractivity (Wildman–Crippen MR) is 153 cm³/mol. The summed E-state index contributed by atoms with van der Waals surface area (Å²) in [5.74, 6) is 0.176. The second-order valence-electron chi connectivity index (χ2n) is 10.6. The van der Waals surface area contributed by atoms with Gasteiger partial charge in [0.1, 0.15) is 24.0 Å². The van der Waals surface area contributed by atoms with E-state index in [1.54, 1.807) is 29.3 Å². The van der Waals surface area contributed by atoms with Gasteiger partial charge in [-0.1, -0.05) is 49.7 Å². The lowest BCUT2D eigenvalue weighted by Gasteiger charge is -2.30. The van der Waals surface area contributed by atoms with Gasteiger partial charge in [-0.15, -0.1) is 0 Å². The number of amides is 1. The van der Waals surface area contributed by atoms with Crippen molar-refractivity contribution in [2.24, 2.45) is 11.0 Å². The van der Waals surface area contributed by atoms with Crippen molar-refractivity contribution in [2.75, 3.05) is 0 Å². The lowest BCUT2D eigenvalue weighted by molar-refractivity contribution is -0.134. The number of aryl methyl sites for hydroxylation is 1. The molecular formula is C33H32F2N4O. The number of para-hydroxylation sites is 2. The van der Waals surface area contributed by atoms with Crippen LogP contribution in [0.2, 0.25) is 0 Å². The van der Waals surface area contributed by atoms with Crippen molar-refractivity contribution in [1.82, 2.24) is 14.6 Å². The molecule has 1 aromatic heterocycles. The average Bonchev–Trinajstić information content (AvgIpc) is 3.53. The third-order valence-electron chi connectivity index (χ3n) is 7.96. The summed E-state index contributed by atoms with van der Waals surface area (Å²) < 4.78 is 29.4. The van der Waals surface area contributed by atoms with E-state index in [4.69, 9.17) is 10.1 Å². The van der Waals surface area contributed by atoms with E-state index in [1.807, 2.05) is 34.9 Å². The van der Waals surface area contributed by atoms with E-state index in [2.05, 4.69) is 6.92 Å². The molecule has 204 valence electrons. The summed E-state index contributed by atoms with van der Waals surface area (Å²) in [6, 6.07) is 20.4. The van der Waals surface area contributed by atoms with Crippen molar-refractivity contribution < 1.29 is 13.6 Å². The van der Waals surface area contributed by atoms with Crippen LogP contribution in [0.15, 0.2) is 83.5 Å². The Hall–Kier alpha value is -4.13. The highest BCUT2D eigenvalue weighted by Gasteiger charge is 2.43. The maximum Gasteiger partial charge on any atom is 0.263 e. The highest BCUT2D eigenvalue weighted by molar-refractivity contribution is 6.08. The summed E-state index contributed by atoms with van der Waals surface area (Å²) in [7, 11) is 0. The zero-order valence-electron chi connectivity index (χ0n) is 22.6. The number of allylic oxidation sites excluding steroid dienone is 1. The summed E-state index contributed by atoms with van der Waals surface area (Å²) in [6.07, 6.45) is 7.52. The average molecular weight is 539 g/mol. The lowest BCUT2D eigenvalue weighted by atomic mass is 9.77. The molecule has 1 aliphatic heterocycles. The number of hydrogen-bond donors (Lipinski definition) is 0. The Morgan fingerprint density at radius 3 is 2.48 bits per heavy atom. The number of imidazole rings is 1. The van der Waals surface area contributed by atoms with Crippen LogP contribution in [-0.4, -0.2) is 26.2 Å². The van der Waals surface area contributed by atoms with Gasteiger partial charge in [-0.05, 0) is 84.9 Å². The second-order valence-corrected chi connectivity index (χ2v) is 10.6. The Labute approximate surface area is 232 Å². The number of carbonyl (C=O) groups is 1. The number of unbranched alkanes of at least 4 members (excludes halogenated alkanes) is 1. The van der Waals surface area contributed by atoms with Gasteiger partial charge in [-0.25, -0.2) is 18.8 Å². The maximum atomic E-state index is 14.1. The Bertz CT molecular complexity index is 1590. The largest absolute Gasteiger partial charge is 0.318 e. The number of hydrazone groups is 1. The van der Waals surface area contributed by atoms with E-state index in [0.29, 0.717) is 0 Å². The summed E-state index contributed by atoms with van der Waals surface area (Å²) in [5, 5.41) is 6.59. The monoisotopic (exact) mass is 538 g/mol. The van der Waals surface area contributed by atoms with Gasteiger partial charge in [0, 0.05) is 12.3 Å². The van der Waals surface area contributed by atoms with E-state index in [1.165, 1.54) is 24.3 Å². The van der Waals surface area contributed by atoms with Crippen LogP contribution in [0, 0.1) is 17.6 Å². The molecule has 1 saturated carbocycles. The van der Waals surface area contributed by atoms with Gasteiger partial charge < -0.3 is 4.57 Å². The molecule has 0 saturated heterocycles. The van der Waals surface area contributed by atoms with Crippen LogP contribution in [0.4, 0.5) is 8.78 Å². The second kappa shape index (κ2) is 11.2. The molecule has 5 nitrogen and oxygen atoms in total. The number of benzene rings is 3. The highest BCUT2D eigenvalue weighted by atomic mass is 19.1. The quantitative estimate of drug-likeness (QED) is 0.245. The molecule has 1 amide bonds. The summed E-state index contributed by atoms with van der Waals surface area (Å²) in [6.45, 7) is 2.27. The number of fused-ring (bicyclic) bond motifs is 2. The molecule has 3 aromatic carbocycles. The zero-order valence-corrected chi connectivity index (χ0v) is 22.6. The third-order valence-corrected chi connectivity index (χ3v) is 7.96. The van der Waals surface area contributed by atoms with Crippen LogP contribution in [0.25, 0.3) is 17.1 Å². The van der Waals surface area contributed by atoms with E-state index in [0.717, 1.165) is 77.8 Å². The molecule has 0 radical (unpaired) electrons. The van der Waals surface area contributed by atoms with Crippen molar-refractivity contribution >= 4 is 28.7 Å². The summed E-state index contributed by atoms with van der Waals surface area (Å²) in [5.41, 5.74) is 5.52. The number of nitrogens with zero attached hydrogens (tertiary/aromatic N) is 4. The van der Waals surface area contributed by atoms with E-state index >= 15 is 0 Å². The lowest BCUT2D eigenvalue weighted by Crippen LogP contribution is -2.34. The first-order valence-electron chi connectivity index (χ1n) is 14.1. The molecule has 1 fully saturated rings. The SMILES string of the molecule is CCCCc1nc2ccccc2n1CC(=O)N1N=C2C(=Cc3ccc(F)cc3)CCCC2C1c1ccc(F)cc1. The van der Waals surface area contributed by atoms with Gasteiger partial charge in [-0.3, -0.25) is 4.79 Å². The molecule has 1 aliphatic carbocycles. The van der Waals surface area contributed by atoms with Gasteiger partial charge in [0.15, 0.2) is 0 Å². The standard InChI is InChI=1S/C33H32F2N4O/c1-2-3-11-30-36-28-9-4-5-10-29(28)38(30)21-31(40)39-33(23-14-18-26(35)19-15-23)27-8-6-7-24(32(27)37-39)20-22-12-16-25(34)17-13-22/h4-5,9-10,12-20,27,33H,2-3,6-8,11,21H2,1H3. The molecule has 2 aliphatic rings. The van der Waals surface area contributed by atoms with Crippen molar-refractivity contribution in [3.05, 3.63) is 107 Å². The minimum Gasteiger partial charge on any atom is -0.318 e. The van der Waals surface area contributed by atoms with Gasteiger partial charge in [0.05, 0.1) is 22.8 Å². The molecule has 0 N–H and O–H groups in total. The molecule has 40 heavy (non-hydrogen) atoms. The summed E-state index contributed by atoms with van der Waals surface area (Å²) in [4.78, 5) is 18.9. The number of rotatable bonds is 7. The highest BCUT2D eigenvalue weighted by Crippen LogP contribution is 2.44. The fourth-order valence-electron chi connectivity index (χ4n) is 6.00. The molecule has 0 spiro atoms. The number of carbonyl (C=O) groups excluding carboxylic acids is 1. The van der Waals surface area contributed by atoms with E-state index < -0.39 is 0 Å². The Kier molecular flexibility index (Phi) is 7.29. The van der Waals surface area contributed by atoms with Crippen LogP contribution >= 0.6 is 0 Å². The first kappa shape index (κ1) is 26.1. The van der Waals surface area contributed by atoms with Gasteiger partial charge in [0.25, 0.3) is 5.91 Å². The molecule has 4 aromatic rings. The number of halogens is 2. The molecular weight excluding hydrogens is 506 g/mol. The topological polar surface area (TPSA) is 50.5 Å². The molecule has 7 heteroatoms. The van der Waals surface area contributed by atoms with Crippen LogP contribution in [0.5, 0.6) is 0 Å². The van der Waals surface area contributed by atoms with Crippen LogP contribution in [0.1, 0.15) is 62.0 Å². The Morgan fingerprint density at radius 1 is 1.00 bits per heavy atom. The van der Waals surface area contributed by atoms with Crippen LogP contribution in [0.3, 0.4) is 0 Å². The fraction of sp³-hybridized carbons (Fsp3) is 0.303. The molecule has 2 atom stereocenters. The van der Waals surface area contributed by atoms with E-state index in [-0.39, 0.29) is 36.0 Å². The van der Waals surface area contributed by atoms with Gasteiger partial charge >= 0.3 is 0 Å². The van der Waals surface area contributed by atoms with Gasteiger partial charge in [-0.2, -0.15) is 5.10 Å². The van der Waals surface area contributed by atoms with Crippen molar-refractivity contribution in [2.45, 2.75) is 58.0 Å². The van der Waals surface area contributed by atoms with Crippen molar-refractivity contribution in [3.8, 4) is 0 Å².